The van der Waals surface area contributed by atoms with E-state index in [0.29, 0.717) is 16.7 Å². The van der Waals surface area contributed by atoms with Crippen LogP contribution in [-0.4, -0.2) is 20.7 Å². The topological polar surface area (TPSA) is 41.6 Å². The molecule has 3 heterocycles. The Morgan fingerprint density at radius 1 is 1.07 bits per heavy atom. The summed E-state index contributed by atoms with van der Waals surface area (Å²) in [5.41, 5.74) is 3.44. The predicted molar refractivity (Wildman–Crippen MR) is 103 cm³/mol. The van der Waals surface area contributed by atoms with Gasteiger partial charge in [-0.3, -0.25) is 4.98 Å². The molecule has 3 aromatic heterocycles. The van der Waals surface area contributed by atoms with Crippen molar-refractivity contribution < 1.29 is 13.2 Å². The lowest BCUT2D eigenvalue weighted by Crippen LogP contribution is -2.04. The van der Waals surface area contributed by atoms with Crippen molar-refractivity contribution in [3.8, 4) is 11.4 Å². The molecule has 27 heavy (non-hydrogen) atoms. The zero-order chi connectivity index (χ0) is 19.2. The van der Waals surface area contributed by atoms with Gasteiger partial charge in [0.05, 0.1) is 27.8 Å². The van der Waals surface area contributed by atoms with Crippen molar-refractivity contribution in [3.05, 3.63) is 53.7 Å². The Morgan fingerprint density at radius 2 is 1.89 bits per heavy atom. The fraction of sp³-hybridized carbons (Fsp3) is 0.200. The number of pyridine rings is 2. The predicted octanol–water partition coefficient (Wildman–Crippen LogP) is 6.22. The van der Waals surface area contributed by atoms with Gasteiger partial charge in [-0.15, -0.1) is 11.8 Å². The second-order valence-electron chi connectivity index (χ2n) is 6.30. The van der Waals surface area contributed by atoms with Gasteiger partial charge in [-0.1, -0.05) is 18.6 Å². The first-order valence-corrected chi connectivity index (χ1v) is 9.44. The minimum Gasteiger partial charge on any atom is -0.352 e. The maximum Gasteiger partial charge on any atom is 0.417 e. The number of nitrogens with zero attached hydrogens (tertiary/aromatic N) is 2. The van der Waals surface area contributed by atoms with Crippen LogP contribution in [-0.2, 0) is 6.18 Å². The Hall–Kier alpha value is -2.54. The molecule has 4 rings (SSSR count). The zero-order valence-electron chi connectivity index (χ0n) is 14.7. The highest BCUT2D eigenvalue weighted by molar-refractivity contribution is 7.99. The molecule has 0 saturated heterocycles. The summed E-state index contributed by atoms with van der Waals surface area (Å²) in [5, 5.41) is 1.04. The van der Waals surface area contributed by atoms with Crippen LogP contribution in [0.3, 0.4) is 0 Å². The maximum atomic E-state index is 12.9. The van der Waals surface area contributed by atoms with Crippen LogP contribution >= 0.6 is 11.8 Å². The molecule has 0 fully saturated rings. The van der Waals surface area contributed by atoms with E-state index in [0.717, 1.165) is 45.1 Å². The third-order valence-corrected chi connectivity index (χ3v) is 5.20. The Labute approximate surface area is 158 Å². The summed E-state index contributed by atoms with van der Waals surface area (Å²) < 4.78 is 38.8. The summed E-state index contributed by atoms with van der Waals surface area (Å²) in [6.45, 7) is 4.08. The van der Waals surface area contributed by atoms with Gasteiger partial charge in [-0.2, -0.15) is 13.2 Å². The van der Waals surface area contributed by atoms with Gasteiger partial charge in [0.2, 0.25) is 0 Å². The third kappa shape index (κ3) is 3.39. The van der Waals surface area contributed by atoms with Gasteiger partial charge >= 0.3 is 6.18 Å². The molecule has 4 aromatic rings. The van der Waals surface area contributed by atoms with Crippen LogP contribution in [0.5, 0.6) is 0 Å². The number of hydrogen-bond acceptors (Lipinski definition) is 3. The second-order valence-corrected chi connectivity index (χ2v) is 7.61. The summed E-state index contributed by atoms with van der Waals surface area (Å²) in [5.74, 6) is 0.864. The number of aromatic nitrogens is 3. The molecule has 0 unspecified atom stereocenters. The number of alkyl halides is 3. The minimum absolute atomic E-state index is 0.345. The Morgan fingerprint density at radius 3 is 2.63 bits per heavy atom. The number of thioether (sulfide) groups is 1. The van der Waals surface area contributed by atoms with Crippen molar-refractivity contribution >= 4 is 33.7 Å². The summed E-state index contributed by atoms with van der Waals surface area (Å²) in [6.07, 6.45) is -3.56. The number of rotatable bonds is 3. The number of aromatic amines is 1. The van der Waals surface area contributed by atoms with Crippen LogP contribution in [0.25, 0.3) is 33.3 Å². The molecule has 0 aliphatic carbocycles. The first-order chi connectivity index (χ1) is 12.8. The fourth-order valence-electron chi connectivity index (χ4n) is 3.03. The molecular formula is C20H16F3N3S. The molecule has 0 bridgehead atoms. The van der Waals surface area contributed by atoms with E-state index in [1.165, 1.54) is 0 Å². The molecule has 3 nitrogen and oxygen atoms in total. The average Bonchev–Trinajstić information content (AvgIpc) is 3.03. The Bertz CT molecular complexity index is 1150. The van der Waals surface area contributed by atoms with Gasteiger partial charge in [0.25, 0.3) is 0 Å². The van der Waals surface area contributed by atoms with Crippen molar-refractivity contribution in [2.24, 2.45) is 0 Å². The lowest BCUT2D eigenvalue weighted by molar-refractivity contribution is -0.137. The SMILES string of the molecule is CCSc1cc2cc(C)ccc2nc1-c1cc2ncc(C(F)(F)F)cc2[nH]1. The van der Waals surface area contributed by atoms with Crippen LogP contribution in [0.15, 0.2) is 47.5 Å². The van der Waals surface area contributed by atoms with Crippen LogP contribution < -0.4 is 0 Å². The first-order valence-electron chi connectivity index (χ1n) is 8.45. The molecule has 1 N–H and O–H groups in total. The van der Waals surface area contributed by atoms with E-state index in [-0.39, 0.29) is 0 Å². The van der Waals surface area contributed by atoms with E-state index in [4.69, 9.17) is 4.98 Å². The van der Waals surface area contributed by atoms with Crippen LogP contribution in [0.1, 0.15) is 18.1 Å². The standard InChI is InChI=1S/C20H16F3N3S/c1-3-27-18-7-12-6-11(2)4-5-14(12)26-19(18)17-9-15-16(25-17)8-13(10-24-15)20(21,22)23/h4-10,25H,3H2,1-2H3. The molecule has 7 heteroatoms. The number of H-pyrrole nitrogens is 1. The van der Waals surface area contributed by atoms with E-state index in [9.17, 15) is 13.2 Å². The minimum atomic E-state index is -4.42. The number of nitrogens with one attached hydrogen (secondary N) is 1. The van der Waals surface area contributed by atoms with Gasteiger partial charge in [-0.05, 0) is 43.0 Å². The lowest BCUT2D eigenvalue weighted by atomic mass is 10.1. The lowest BCUT2D eigenvalue weighted by Gasteiger charge is -2.09. The molecule has 0 saturated carbocycles. The molecule has 0 spiro atoms. The largest absolute Gasteiger partial charge is 0.417 e. The molecule has 1 aromatic carbocycles. The highest BCUT2D eigenvalue weighted by Gasteiger charge is 2.31. The number of hydrogen-bond donors (Lipinski definition) is 1. The number of aryl methyl sites for hydroxylation is 1. The van der Waals surface area contributed by atoms with Gasteiger partial charge in [0.1, 0.15) is 5.69 Å². The monoisotopic (exact) mass is 387 g/mol. The quantitative estimate of drug-likeness (QED) is 0.425. The van der Waals surface area contributed by atoms with Crippen LogP contribution in [0.4, 0.5) is 13.2 Å². The maximum absolute atomic E-state index is 12.9. The third-order valence-electron chi connectivity index (χ3n) is 4.29. The molecule has 0 radical (unpaired) electrons. The smallest absolute Gasteiger partial charge is 0.352 e. The summed E-state index contributed by atoms with van der Waals surface area (Å²) in [4.78, 5) is 12.8. The van der Waals surface area contributed by atoms with Gasteiger partial charge in [0, 0.05) is 16.5 Å². The fourth-order valence-corrected chi connectivity index (χ4v) is 3.84. The van der Waals surface area contributed by atoms with E-state index in [1.807, 2.05) is 19.1 Å². The molecule has 0 atom stereocenters. The van der Waals surface area contributed by atoms with Crippen molar-refractivity contribution in [3.63, 3.8) is 0 Å². The van der Waals surface area contributed by atoms with Gasteiger partial charge in [-0.25, -0.2) is 4.98 Å². The summed E-state index contributed by atoms with van der Waals surface area (Å²) in [6, 6.07) is 10.9. The van der Waals surface area contributed by atoms with E-state index in [2.05, 4.69) is 29.0 Å². The molecule has 0 amide bonds. The normalized spacial score (nSPS) is 12.2. The van der Waals surface area contributed by atoms with Crippen molar-refractivity contribution in [1.82, 2.24) is 15.0 Å². The van der Waals surface area contributed by atoms with Crippen molar-refractivity contribution in [2.45, 2.75) is 24.9 Å². The average molecular weight is 387 g/mol. The molecule has 138 valence electrons. The number of halogens is 3. The number of benzene rings is 1. The molecular weight excluding hydrogens is 371 g/mol. The second kappa shape index (κ2) is 6.56. The van der Waals surface area contributed by atoms with Crippen LogP contribution in [0.2, 0.25) is 0 Å². The number of fused-ring (bicyclic) bond motifs is 2. The Kier molecular flexibility index (Phi) is 4.34. The summed E-state index contributed by atoms with van der Waals surface area (Å²) >= 11 is 1.65. The van der Waals surface area contributed by atoms with Gasteiger partial charge in [0.15, 0.2) is 0 Å². The first kappa shape index (κ1) is 17.9. The van der Waals surface area contributed by atoms with E-state index >= 15 is 0 Å². The highest BCUT2D eigenvalue weighted by Crippen LogP contribution is 2.35. The highest BCUT2D eigenvalue weighted by atomic mass is 32.2. The molecule has 0 aliphatic rings. The van der Waals surface area contributed by atoms with Crippen molar-refractivity contribution in [2.75, 3.05) is 5.75 Å². The van der Waals surface area contributed by atoms with E-state index < -0.39 is 11.7 Å². The zero-order valence-corrected chi connectivity index (χ0v) is 15.5. The Balaban J connectivity index is 1.89. The summed E-state index contributed by atoms with van der Waals surface area (Å²) in [7, 11) is 0. The van der Waals surface area contributed by atoms with Crippen LogP contribution in [0, 0.1) is 6.92 Å². The van der Waals surface area contributed by atoms with Gasteiger partial charge < -0.3 is 4.98 Å². The molecule has 0 aliphatic heterocycles. The van der Waals surface area contributed by atoms with Crippen molar-refractivity contribution in [1.29, 1.82) is 0 Å². The van der Waals surface area contributed by atoms with E-state index in [1.54, 1.807) is 17.8 Å².